The monoisotopic (exact) mass is 304 g/mol. The predicted octanol–water partition coefficient (Wildman–Crippen LogP) is 3.69. The molecule has 0 N–H and O–H groups in total. The van der Waals surface area contributed by atoms with E-state index in [0.717, 1.165) is 51.5 Å². The van der Waals surface area contributed by atoms with Crippen molar-refractivity contribution in [2.24, 2.45) is 0 Å². The maximum absolute atomic E-state index is 5.94. The van der Waals surface area contributed by atoms with Crippen LogP contribution in [0.5, 0.6) is 5.75 Å². The summed E-state index contributed by atoms with van der Waals surface area (Å²) in [5.74, 6) is 1.08. The number of ether oxygens (including phenoxy) is 1. The van der Waals surface area contributed by atoms with Gasteiger partial charge in [-0.1, -0.05) is 26.8 Å². The largest absolute Gasteiger partial charge is 0.494 e. The van der Waals surface area contributed by atoms with Crippen LogP contribution in [0.1, 0.15) is 51.3 Å². The summed E-state index contributed by atoms with van der Waals surface area (Å²) in [6.45, 7) is 17.2. The van der Waals surface area contributed by atoms with E-state index in [1.807, 2.05) is 0 Å². The van der Waals surface area contributed by atoms with Crippen molar-refractivity contribution in [3.8, 4) is 5.75 Å². The topological polar surface area (TPSA) is 15.7 Å². The molecule has 0 saturated carbocycles. The van der Waals surface area contributed by atoms with Crippen molar-refractivity contribution in [3.63, 3.8) is 0 Å². The second-order valence-corrected chi connectivity index (χ2v) is 6.24. The van der Waals surface area contributed by atoms with Crippen LogP contribution in [-0.4, -0.2) is 42.1 Å². The van der Waals surface area contributed by atoms with Crippen LogP contribution < -0.4 is 4.74 Å². The first-order chi connectivity index (χ1) is 10.6. The Morgan fingerprint density at radius 2 is 1.86 bits per heavy atom. The lowest BCUT2D eigenvalue weighted by atomic mass is 9.92. The molecule has 1 aromatic rings. The van der Waals surface area contributed by atoms with Crippen molar-refractivity contribution in [2.45, 2.75) is 60.2 Å². The van der Waals surface area contributed by atoms with E-state index in [-0.39, 0.29) is 0 Å². The third kappa shape index (κ3) is 3.82. The molecule has 3 heteroatoms. The Labute approximate surface area is 136 Å². The van der Waals surface area contributed by atoms with Gasteiger partial charge in [-0.3, -0.25) is 9.80 Å². The minimum absolute atomic E-state index is 0.636. The number of benzene rings is 1. The molecule has 0 bridgehead atoms. The minimum Gasteiger partial charge on any atom is -0.494 e. The van der Waals surface area contributed by atoms with Gasteiger partial charge in [0, 0.05) is 24.7 Å². The summed E-state index contributed by atoms with van der Waals surface area (Å²) >= 11 is 0. The molecule has 1 unspecified atom stereocenters. The molecular formula is C19H32N2O. The Hall–Kier alpha value is -1.06. The van der Waals surface area contributed by atoms with Gasteiger partial charge in [-0.15, -0.1) is 0 Å². The quantitative estimate of drug-likeness (QED) is 0.764. The minimum atomic E-state index is 0.636. The lowest BCUT2D eigenvalue weighted by Gasteiger charge is -2.35. The fourth-order valence-electron chi connectivity index (χ4n) is 3.40. The highest BCUT2D eigenvalue weighted by molar-refractivity contribution is 5.44. The highest BCUT2D eigenvalue weighted by atomic mass is 16.5. The van der Waals surface area contributed by atoms with E-state index in [1.54, 1.807) is 0 Å². The first-order valence-electron chi connectivity index (χ1n) is 8.86. The molecule has 1 atom stereocenters. The summed E-state index contributed by atoms with van der Waals surface area (Å²) in [5.41, 5.74) is 4.32. The van der Waals surface area contributed by atoms with Gasteiger partial charge in [0.2, 0.25) is 0 Å². The molecule has 0 radical (unpaired) electrons. The summed E-state index contributed by atoms with van der Waals surface area (Å²) in [4.78, 5) is 5.00. The van der Waals surface area contributed by atoms with Crippen LogP contribution in [0.4, 0.5) is 0 Å². The van der Waals surface area contributed by atoms with Gasteiger partial charge in [0.05, 0.1) is 6.61 Å². The van der Waals surface area contributed by atoms with Crippen molar-refractivity contribution in [3.05, 3.63) is 28.8 Å². The molecule has 1 aromatic carbocycles. The number of hydrogen-bond donors (Lipinski definition) is 0. The third-order valence-corrected chi connectivity index (χ3v) is 4.89. The van der Waals surface area contributed by atoms with E-state index < -0.39 is 0 Å². The molecule has 124 valence electrons. The van der Waals surface area contributed by atoms with Gasteiger partial charge < -0.3 is 4.74 Å². The fraction of sp³-hybridized carbons (Fsp3) is 0.684. The highest BCUT2D eigenvalue weighted by Gasteiger charge is 2.23. The molecule has 1 aliphatic heterocycles. The van der Waals surface area contributed by atoms with Gasteiger partial charge in [0.25, 0.3) is 0 Å². The molecule has 0 spiro atoms. The van der Waals surface area contributed by atoms with Crippen LogP contribution >= 0.6 is 0 Å². The Morgan fingerprint density at radius 1 is 1.14 bits per heavy atom. The zero-order chi connectivity index (χ0) is 16.1. The zero-order valence-corrected chi connectivity index (χ0v) is 15.0. The SMILES string of the molecule is CCOc1cc2c(cc1CN(CC)CC)CC(C)N(CC)C2. The molecule has 1 aliphatic rings. The second-order valence-electron chi connectivity index (χ2n) is 6.24. The predicted molar refractivity (Wildman–Crippen MR) is 93.5 cm³/mol. The van der Waals surface area contributed by atoms with Gasteiger partial charge in [-0.2, -0.15) is 0 Å². The van der Waals surface area contributed by atoms with Gasteiger partial charge in [-0.05, 0) is 57.1 Å². The Bertz CT molecular complexity index is 483. The van der Waals surface area contributed by atoms with Crippen LogP contribution in [-0.2, 0) is 19.5 Å². The molecule has 0 fully saturated rings. The van der Waals surface area contributed by atoms with Gasteiger partial charge in [0.15, 0.2) is 0 Å². The summed E-state index contributed by atoms with van der Waals surface area (Å²) in [6, 6.07) is 5.34. The maximum atomic E-state index is 5.94. The van der Waals surface area contributed by atoms with Crippen molar-refractivity contribution >= 4 is 0 Å². The van der Waals surface area contributed by atoms with Crippen LogP contribution in [0.15, 0.2) is 12.1 Å². The molecule has 2 rings (SSSR count). The van der Waals surface area contributed by atoms with Gasteiger partial charge in [-0.25, -0.2) is 0 Å². The lowest BCUT2D eigenvalue weighted by molar-refractivity contribution is 0.194. The first kappa shape index (κ1) is 17.3. The van der Waals surface area contributed by atoms with E-state index in [9.17, 15) is 0 Å². The Kier molecular flexibility index (Phi) is 6.27. The molecule has 22 heavy (non-hydrogen) atoms. The van der Waals surface area contributed by atoms with E-state index >= 15 is 0 Å². The number of hydrogen-bond acceptors (Lipinski definition) is 3. The fourth-order valence-corrected chi connectivity index (χ4v) is 3.40. The molecule has 0 aliphatic carbocycles. The van der Waals surface area contributed by atoms with Gasteiger partial charge in [0.1, 0.15) is 5.75 Å². The van der Waals surface area contributed by atoms with Crippen LogP contribution in [0.25, 0.3) is 0 Å². The van der Waals surface area contributed by atoms with Crippen molar-refractivity contribution in [2.75, 3.05) is 26.2 Å². The van der Waals surface area contributed by atoms with Crippen molar-refractivity contribution in [1.29, 1.82) is 0 Å². The van der Waals surface area contributed by atoms with E-state index in [0.29, 0.717) is 6.04 Å². The van der Waals surface area contributed by atoms with Crippen LogP contribution in [0.2, 0.25) is 0 Å². The smallest absolute Gasteiger partial charge is 0.124 e. The van der Waals surface area contributed by atoms with E-state index in [1.165, 1.54) is 16.7 Å². The average Bonchev–Trinajstić information content (AvgIpc) is 2.52. The van der Waals surface area contributed by atoms with Crippen LogP contribution in [0, 0.1) is 0 Å². The molecule has 1 heterocycles. The van der Waals surface area contributed by atoms with Crippen molar-refractivity contribution in [1.82, 2.24) is 9.80 Å². The zero-order valence-electron chi connectivity index (χ0n) is 15.0. The normalized spacial score (nSPS) is 18.5. The third-order valence-electron chi connectivity index (χ3n) is 4.89. The molecule has 0 amide bonds. The molecule has 3 nitrogen and oxygen atoms in total. The number of rotatable bonds is 7. The molecule has 0 aromatic heterocycles. The van der Waals surface area contributed by atoms with Crippen LogP contribution in [0.3, 0.4) is 0 Å². The summed E-state index contributed by atoms with van der Waals surface area (Å²) in [6.07, 6.45) is 1.15. The summed E-state index contributed by atoms with van der Waals surface area (Å²) in [7, 11) is 0. The van der Waals surface area contributed by atoms with Crippen molar-refractivity contribution < 1.29 is 4.74 Å². The lowest BCUT2D eigenvalue weighted by Crippen LogP contribution is -2.38. The first-order valence-corrected chi connectivity index (χ1v) is 8.86. The Morgan fingerprint density at radius 3 is 2.45 bits per heavy atom. The summed E-state index contributed by atoms with van der Waals surface area (Å²) < 4.78 is 5.94. The number of nitrogens with zero attached hydrogens (tertiary/aromatic N) is 2. The molecular weight excluding hydrogens is 272 g/mol. The second kappa shape index (κ2) is 7.98. The highest BCUT2D eigenvalue weighted by Crippen LogP contribution is 2.31. The molecule has 0 saturated heterocycles. The average molecular weight is 304 g/mol. The number of fused-ring (bicyclic) bond motifs is 1. The number of likely N-dealkylation sites (N-methyl/N-ethyl adjacent to an activating group) is 1. The summed E-state index contributed by atoms with van der Waals surface area (Å²) in [5, 5.41) is 0. The maximum Gasteiger partial charge on any atom is 0.124 e. The van der Waals surface area contributed by atoms with Gasteiger partial charge >= 0.3 is 0 Å². The Balaban J connectivity index is 2.32. The standard InChI is InChI=1S/C19H32N2O/c1-6-20(7-2)13-18-11-16-10-15(5)21(8-3)14-17(16)12-19(18)22-9-4/h11-12,15H,6-10,13-14H2,1-5H3. The van der Waals surface area contributed by atoms with E-state index in [2.05, 4.69) is 56.6 Å². The van der Waals surface area contributed by atoms with E-state index in [4.69, 9.17) is 4.74 Å².